The SMILES string of the molecule is C=CC(=C)CCC1C(O)CCC2C(C)(C(=O)O)CCCC12C. The Kier molecular flexibility index (Phi) is 4.86. The average molecular weight is 306 g/mol. The molecule has 3 nitrogen and oxygen atoms in total. The molecule has 0 saturated heterocycles. The number of rotatable bonds is 5. The van der Waals surface area contributed by atoms with Crippen LogP contribution >= 0.6 is 0 Å². The number of carbonyl (C=O) groups is 1. The number of hydrogen-bond acceptors (Lipinski definition) is 2. The molecule has 2 saturated carbocycles. The molecule has 0 bridgehead atoms. The molecule has 2 fully saturated rings. The monoisotopic (exact) mass is 306 g/mol. The fourth-order valence-corrected chi connectivity index (χ4v) is 5.20. The van der Waals surface area contributed by atoms with E-state index in [1.165, 1.54) is 0 Å². The normalized spacial score (nSPS) is 41.5. The Labute approximate surface area is 134 Å². The van der Waals surface area contributed by atoms with Crippen LogP contribution in [0.5, 0.6) is 0 Å². The Morgan fingerprint density at radius 1 is 1.32 bits per heavy atom. The van der Waals surface area contributed by atoms with Crippen molar-refractivity contribution < 1.29 is 15.0 Å². The second-order valence-electron chi connectivity index (χ2n) is 7.79. The van der Waals surface area contributed by atoms with Gasteiger partial charge in [-0.05, 0) is 62.7 Å². The van der Waals surface area contributed by atoms with Gasteiger partial charge in [0, 0.05) is 0 Å². The van der Waals surface area contributed by atoms with E-state index in [1.54, 1.807) is 6.08 Å². The number of hydrogen-bond donors (Lipinski definition) is 2. The summed E-state index contributed by atoms with van der Waals surface area (Å²) in [5.74, 6) is -0.368. The van der Waals surface area contributed by atoms with Crippen molar-refractivity contribution in [2.24, 2.45) is 22.7 Å². The van der Waals surface area contributed by atoms with Crippen LogP contribution in [-0.2, 0) is 4.79 Å². The van der Waals surface area contributed by atoms with Gasteiger partial charge in [-0.2, -0.15) is 0 Å². The second kappa shape index (κ2) is 6.19. The standard InChI is InChI=1S/C19H30O3/c1-5-13(2)7-8-14-15(20)9-10-16-18(14,3)11-6-12-19(16,4)17(21)22/h5,14-16,20H,1-2,6-12H2,3-4H3,(H,21,22). The van der Waals surface area contributed by atoms with Gasteiger partial charge in [-0.15, -0.1) is 0 Å². The lowest BCUT2D eigenvalue weighted by Crippen LogP contribution is -2.56. The van der Waals surface area contributed by atoms with Crippen molar-refractivity contribution in [3.63, 3.8) is 0 Å². The number of carboxylic acids is 1. The smallest absolute Gasteiger partial charge is 0.309 e. The number of allylic oxidation sites excluding steroid dienone is 2. The van der Waals surface area contributed by atoms with Crippen molar-refractivity contribution in [2.45, 2.75) is 64.9 Å². The van der Waals surface area contributed by atoms with Gasteiger partial charge in [0.05, 0.1) is 11.5 Å². The minimum atomic E-state index is -0.672. The van der Waals surface area contributed by atoms with Crippen molar-refractivity contribution in [1.29, 1.82) is 0 Å². The van der Waals surface area contributed by atoms with Gasteiger partial charge in [-0.3, -0.25) is 4.79 Å². The van der Waals surface area contributed by atoms with E-state index in [-0.39, 0.29) is 23.4 Å². The summed E-state index contributed by atoms with van der Waals surface area (Å²) in [6.07, 6.45) is 7.39. The molecule has 5 unspecified atom stereocenters. The number of fused-ring (bicyclic) bond motifs is 1. The van der Waals surface area contributed by atoms with Gasteiger partial charge in [-0.25, -0.2) is 0 Å². The molecule has 0 aliphatic heterocycles. The van der Waals surface area contributed by atoms with Gasteiger partial charge in [0.25, 0.3) is 0 Å². The zero-order chi connectivity index (χ0) is 16.5. The highest BCUT2D eigenvalue weighted by Crippen LogP contribution is 2.61. The van der Waals surface area contributed by atoms with Crippen LogP contribution in [-0.4, -0.2) is 22.3 Å². The molecular weight excluding hydrogens is 276 g/mol. The zero-order valence-corrected chi connectivity index (χ0v) is 14.0. The summed E-state index contributed by atoms with van der Waals surface area (Å²) in [6, 6.07) is 0. The minimum absolute atomic E-state index is 0.0928. The van der Waals surface area contributed by atoms with E-state index in [0.717, 1.165) is 44.1 Å². The molecule has 5 atom stereocenters. The van der Waals surface area contributed by atoms with Gasteiger partial charge < -0.3 is 10.2 Å². The van der Waals surface area contributed by atoms with Gasteiger partial charge in [0.1, 0.15) is 0 Å². The lowest BCUT2D eigenvalue weighted by Gasteiger charge is -2.58. The van der Waals surface area contributed by atoms with E-state index in [4.69, 9.17) is 0 Å². The van der Waals surface area contributed by atoms with Crippen LogP contribution in [0.25, 0.3) is 0 Å². The lowest BCUT2D eigenvalue weighted by molar-refractivity contribution is -0.174. The van der Waals surface area contributed by atoms with Crippen molar-refractivity contribution in [3.05, 3.63) is 24.8 Å². The van der Waals surface area contributed by atoms with Gasteiger partial charge in [0.15, 0.2) is 0 Å². The summed E-state index contributed by atoms with van der Waals surface area (Å²) in [4.78, 5) is 11.9. The summed E-state index contributed by atoms with van der Waals surface area (Å²) >= 11 is 0. The van der Waals surface area contributed by atoms with Gasteiger partial charge in [-0.1, -0.05) is 38.2 Å². The van der Waals surface area contributed by atoms with Gasteiger partial charge >= 0.3 is 5.97 Å². The summed E-state index contributed by atoms with van der Waals surface area (Å²) in [5.41, 5.74) is 0.250. The molecule has 124 valence electrons. The molecule has 0 aromatic rings. The van der Waals surface area contributed by atoms with Crippen LogP contribution in [0.4, 0.5) is 0 Å². The maximum atomic E-state index is 11.9. The molecule has 2 aliphatic rings. The van der Waals surface area contributed by atoms with Crippen LogP contribution in [0.1, 0.15) is 58.8 Å². The minimum Gasteiger partial charge on any atom is -0.481 e. The summed E-state index contributed by atoms with van der Waals surface area (Å²) in [5, 5.41) is 20.3. The summed E-state index contributed by atoms with van der Waals surface area (Å²) in [6.45, 7) is 11.8. The van der Waals surface area contributed by atoms with Crippen LogP contribution in [0, 0.1) is 22.7 Å². The number of carboxylic acid groups (broad SMARTS) is 1. The largest absolute Gasteiger partial charge is 0.481 e. The fourth-order valence-electron chi connectivity index (χ4n) is 5.20. The topological polar surface area (TPSA) is 57.5 Å². The highest BCUT2D eigenvalue weighted by molar-refractivity contribution is 5.75. The van der Waals surface area contributed by atoms with E-state index in [1.807, 2.05) is 6.92 Å². The number of aliphatic hydroxyl groups is 1. The third-order valence-corrected chi connectivity index (χ3v) is 6.59. The Balaban J connectivity index is 2.28. The molecule has 2 N–H and O–H groups in total. The Morgan fingerprint density at radius 2 is 2.00 bits per heavy atom. The van der Waals surface area contributed by atoms with E-state index in [0.29, 0.717) is 6.42 Å². The van der Waals surface area contributed by atoms with Crippen molar-refractivity contribution >= 4 is 5.97 Å². The fraction of sp³-hybridized carbons (Fsp3) is 0.737. The first-order valence-corrected chi connectivity index (χ1v) is 8.47. The Hall–Kier alpha value is -1.09. The molecule has 2 rings (SSSR count). The molecular formula is C19H30O3. The third-order valence-electron chi connectivity index (χ3n) is 6.59. The predicted molar refractivity (Wildman–Crippen MR) is 88.5 cm³/mol. The molecule has 2 aliphatic carbocycles. The van der Waals surface area contributed by atoms with Crippen LogP contribution in [0.3, 0.4) is 0 Å². The van der Waals surface area contributed by atoms with E-state index in [2.05, 4.69) is 20.1 Å². The first-order chi connectivity index (χ1) is 10.3. The van der Waals surface area contributed by atoms with Crippen molar-refractivity contribution in [1.82, 2.24) is 0 Å². The second-order valence-corrected chi connectivity index (χ2v) is 7.79. The molecule has 0 amide bonds. The molecule has 3 heteroatoms. The quantitative estimate of drug-likeness (QED) is 0.749. The maximum Gasteiger partial charge on any atom is 0.309 e. The molecule has 0 aromatic heterocycles. The van der Waals surface area contributed by atoms with Crippen molar-refractivity contribution in [2.75, 3.05) is 0 Å². The summed E-state index contributed by atoms with van der Waals surface area (Å²) in [7, 11) is 0. The number of aliphatic hydroxyl groups excluding tert-OH is 1. The molecule has 0 spiro atoms. The lowest BCUT2D eigenvalue weighted by atomic mass is 9.47. The average Bonchev–Trinajstić information content (AvgIpc) is 2.45. The highest BCUT2D eigenvalue weighted by Gasteiger charge is 2.58. The third kappa shape index (κ3) is 2.76. The van der Waals surface area contributed by atoms with E-state index >= 15 is 0 Å². The van der Waals surface area contributed by atoms with Gasteiger partial charge in [0.2, 0.25) is 0 Å². The molecule has 0 aromatic carbocycles. The Bertz CT molecular complexity index is 469. The van der Waals surface area contributed by atoms with Crippen LogP contribution in [0.2, 0.25) is 0 Å². The highest BCUT2D eigenvalue weighted by atomic mass is 16.4. The molecule has 0 heterocycles. The van der Waals surface area contributed by atoms with Crippen LogP contribution < -0.4 is 0 Å². The van der Waals surface area contributed by atoms with Crippen molar-refractivity contribution in [3.8, 4) is 0 Å². The number of aliphatic carboxylic acids is 1. The molecule has 0 radical (unpaired) electrons. The van der Waals surface area contributed by atoms with E-state index < -0.39 is 11.4 Å². The molecule has 22 heavy (non-hydrogen) atoms. The van der Waals surface area contributed by atoms with Crippen LogP contribution in [0.15, 0.2) is 24.8 Å². The Morgan fingerprint density at radius 3 is 2.59 bits per heavy atom. The van der Waals surface area contributed by atoms with E-state index in [9.17, 15) is 15.0 Å². The summed E-state index contributed by atoms with van der Waals surface area (Å²) < 4.78 is 0. The first-order valence-electron chi connectivity index (χ1n) is 8.47. The first kappa shape index (κ1) is 17.3. The zero-order valence-electron chi connectivity index (χ0n) is 14.0. The maximum absolute atomic E-state index is 11.9. The predicted octanol–water partition coefficient (Wildman–Crippen LogP) is 4.18.